The van der Waals surface area contributed by atoms with Crippen LogP contribution in [-0.2, 0) is 4.79 Å². The monoisotopic (exact) mass is 459 g/mol. The molecule has 1 atom stereocenters. The van der Waals surface area contributed by atoms with Gasteiger partial charge >= 0.3 is 12.2 Å². The summed E-state index contributed by atoms with van der Waals surface area (Å²) in [6, 6.07) is 6.48. The van der Waals surface area contributed by atoms with E-state index < -0.39 is 29.7 Å². The summed E-state index contributed by atoms with van der Waals surface area (Å²) in [4.78, 5) is 38.1. The molecule has 0 spiro atoms. The molecular formula is C19H14Cl2F3N3O3. The van der Waals surface area contributed by atoms with E-state index in [1.54, 1.807) is 30.5 Å². The lowest BCUT2D eigenvalue weighted by molar-refractivity contribution is -0.197. The Balaban J connectivity index is 2.03. The molecule has 11 heteroatoms. The van der Waals surface area contributed by atoms with Gasteiger partial charge in [-0.2, -0.15) is 13.2 Å². The molecule has 2 aromatic carbocycles. The lowest BCUT2D eigenvalue weighted by atomic mass is 10.1. The number of rotatable bonds is 3. The van der Waals surface area contributed by atoms with Gasteiger partial charge in [0.15, 0.2) is 0 Å². The van der Waals surface area contributed by atoms with Crippen LogP contribution < -0.4 is 15.5 Å². The van der Waals surface area contributed by atoms with E-state index in [0.717, 1.165) is 17.7 Å². The third-order valence-electron chi connectivity index (χ3n) is 4.67. The van der Waals surface area contributed by atoms with Gasteiger partial charge in [-0.15, -0.1) is 0 Å². The average Bonchev–Trinajstić information content (AvgIpc) is 2.88. The first kappa shape index (κ1) is 21.9. The Bertz CT molecular complexity index is 1070. The Morgan fingerprint density at radius 1 is 1.07 bits per heavy atom. The lowest BCUT2D eigenvalue weighted by Gasteiger charge is -2.30. The number of aryl methyl sites for hydroxylation is 2. The molecule has 0 aliphatic carbocycles. The van der Waals surface area contributed by atoms with Crippen molar-refractivity contribution in [2.75, 3.05) is 4.90 Å². The van der Waals surface area contributed by atoms with Gasteiger partial charge in [-0.3, -0.25) is 14.9 Å². The summed E-state index contributed by atoms with van der Waals surface area (Å²) < 4.78 is 41.9. The molecule has 1 aliphatic heterocycles. The summed E-state index contributed by atoms with van der Waals surface area (Å²) in [6.45, 7) is 3.44. The Morgan fingerprint density at radius 2 is 1.73 bits per heavy atom. The predicted octanol–water partition coefficient (Wildman–Crippen LogP) is 4.36. The number of carbonyl (C=O) groups excluding carboxylic acids is 3. The highest BCUT2D eigenvalue weighted by atomic mass is 35.5. The number of carbonyl (C=O) groups is 3. The summed E-state index contributed by atoms with van der Waals surface area (Å²) in [5.41, 5.74) is -2.60. The lowest BCUT2D eigenvalue weighted by Crippen LogP contribution is -2.69. The fourth-order valence-corrected chi connectivity index (χ4v) is 3.38. The molecule has 0 bridgehead atoms. The van der Waals surface area contributed by atoms with Gasteiger partial charge in [0.2, 0.25) is 0 Å². The van der Waals surface area contributed by atoms with Crippen LogP contribution >= 0.6 is 23.2 Å². The summed E-state index contributed by atoms with van der Waals surface area (Å²) >= 11 is 11.6. The maximum Gasteiger partial charge on any atom is 0.440 e. The molecule has 0 saturated carbocycles. The highest BCUT2D eigenvalue weighted by molar-refractivity contribution is 6.37. The predicted molar refractivity (Wildman–Crippen MR) is 105 cm³/mol. The van der Waals surface area contributed by atoms with E-state index in [-0.39, 0.29) is 21.3 Å². The smallest absolute Gasteiger partial charge is 0.314 e. The first-order chi connectivity index (χ1) is 13.9. The maximum absolute atomic E-state index is 14.0. The van der Waals surface area contributed by atoms with Crippen molar-refractivity contribution in [2.24, 2.45) is 0 Å². The third-order valence-corrected chi connectivity index (χ3v) is 5.22. The number of halogens is 5. The van der Waals surface area contributed by atoms with Crippen LogP contribution in [0.2, 0.25) is 10.0 Å². The fourth-order valence-electron chi connectivity index (χ4n) is 2.89. The van der Waals surface area contributed by atoms with Crippen LogP contribution in [0, 0.1) is 13.8 Å². The van der Waals surface area contributed by atoms with E-state index in [1.165, 1.54) is 18.2 Å². The molecule has 4 amide bonds. The van der Waals surface area contributed by atoms with E-state index in [0.29, 0.717) is 10.5 Å². The number of nitrogens with one attached hydrogen (secondary N) is 2. The van der Waals surface area contributed by atoms with Crippen LogP contribution in [0.4, 0.5) is 23.7 Å². The van der Waals surface area contributed by atoms with E-state index in [9.17, 15) is 27.6 Å². The number of hydrogen-bond donors (Lipinski definition) is 2. The number of urea groups is 1. The van der Waals surface area contributed by atoms with Crippen molar-refractivity contribution in [3.8, 4) is 0 Å². The standard InChI is InChI=1S/C19H14Cl2F3N3O3/c1-9-3-5-12(7-10(9)2)27-16(29)18(19(22,23)24,26-17(27)30)25-15(28)13-6-4-11(20)8-14(13)21/h3-8H,1-2H3,(H,25,28)(H,26,30)/t18-/m1/s1. The summed E-state index contributed by atoms with van der Waals surface area (Å²) in [7, 11) is 0. The van der Waals surface area contributed by atoms with Gasteiger partial charge in [-0.1, -0.05) is 29.3 Å². The number of imide groups is 1. The Labute approximate surface area is 178 Å². The topological polar surface area (TPSA) is 78.5 Å². The first-order valence-corrected chi connectivity index (χ1v) is 9.21. The van der Waals surface area contributed by atoms with E-state index in [1.807, 2.05) is 0 Å². The second kappa shape index (κ2) is 7.48. The zero-order valence-electron chi connectivity index (χ0n) is 15.5. The Morgan fingerprint density at radius 3 is 2.30 bits per heavy atom. The van der Waals surface area contributed by atoms with Crippen molar-refractivity contribution in [1.29, 1.82) is 0 Å². The third kappa shape index (κ3) is 3.59. The number of anilines is 1. The molecule has 1 aliphatic rings. The molecule has 6 nitrogen and oxygen atoms in total. The molecule has 0 unspecified atom stereocenters. The van der Waals surface area contributed by atoms with Gasteiger partial charge in [0.05, 0.1) is 16.3 Å². The van der Waals surface area contributed by atoms with Gasteiger partial charge in [0.25, 0.3) is 17.5 Å². The Hall–Kier alpha value is -2.78. The number of benzene rings is 2. The van der Waals surface area contributed by atoms with Gasteiger partial charge in [-0.05, 0) is 55.3 Å². The zero-order chi connectivity index (χ0) is 22.4. The molecule has 1 heterocycles. The van der Waals surface area contributed by atoms with Crippen molar-refractivity contribution in [2.45, 2.75) is 25.7 Å². The largest absolute Gasteiger partial charge is 0.440 e. The van der Waals surface area contributed by atoms with Crippen molar-refractivity contribution < 1.29 is 27.6 Å². The highest BCUT2D eigenvalue weighted by Gasteiger charge is 2.69. The van der Waals surface area contributed by atoms with Crippen molar-refractivity contribution in [1.82, 2.24) is 10.6 Å². The van der Waals surface area contributed by atoms with Crippen LogP contribution in [0.1, 0.15) is 21.5 Å². The van der Waals surface area contributed by atoms with Crippen molar-refractivity contribution in [3.63, 3.8) is 0 Å². The summed E-state index contributed by atoms with van der Waals surface area (Å²) in [6.07, 6.45) is -5.34. The van der Waals surface area contributed by atoms with E-state index in [2.05, 4.69) is 0 Å². The van der Waals surface area contributed by atoms with E-state index in [4.69, 9.17) is 23.2 Å². The molecular weight excluding hydrogens is 446 g/mol. The number of hydrogen-bond acceptors (Lipinski definition) is 3. The van der Waals surface area contributed by atoms with Crippen molar-refractivity contribution in [3.05, 3.63) is 63.1 Å². The number of amides is 4. The molecule has 2 N–H and O–H groups in total. The molecule has 0 aromatic heterocycles. The number of alkyl halides is 3. The van der Waals surface area contributed by atoms with Crippen LogP contribution in [-0.4, -0.2) is 29.7 Å². The summed E-state index contributed by atoms with van der Waals surface area (Å²) in [5, 5.41) is 3.12. The molecule has 30 heavy (non-hydrogen) atoms. The van der Waals surface area contributed by atoms with Gasteiger partial charge < -0.3 is 5.32 Å². The van der Waals surface area contributed by atoms with Gasteiger partial charge in [0.1, 0.15) is 0 Å². The minimum atomic E-state index is -5.34. The molecule has 158 valence electrons. The second-order valence-electron chi connectivity index (χ2n) is 6.67. The maximum atomic E-state index is 14.0. The van der Waals surface area contributed by atoms with Crippen LogP contribution in [0.15, 0.2) is 36.4 Å². The first-order valence-electron chi connectivity index (χ1n) is 8.45. The molecule has 3 rings (SSSR count). The minimum Gasteiger partial charge on any atom is -0.314 e. The minimum absolute atomic E-state index is 0.0644. The van der Waals surface area contributed by atoms with Gasteiger partial charge in [0, 0.05) is 5.02 Å². The second-order valence-corrected chi connectivity index (χ2v) is 7.51. The summed E-state index contributed by atoms with van der Waals surface area (Å²) in [5.74, 6) is -3.01. The van der Waals surface area contributed by atoms with Crippen LogP contribution in [0.5, 0.6) is 0 Å². The quantitative estimate of drug-likeness (QED) is 0.669. The van der Waals surface area contributed by atoms with E-state index >= 15 is 0 Å². The molecule has 2 aromatic rings. The zero-order valence-corrected chi connectivity index (χ0v) is 17.0. The van der Waals surface area contributed by atoms with Crippen molar-refractivity contribution >= 4 is 46.7 Å². The SMILES string of the molecule is Cc1ccc(N2C(=O)N[C@@](NC(=O)c3ccc(Cl)cc3Cl)(C(F)(F)F)C2=O)cc1C. The average molecular weight is 460 g/mol. The normalized spacial score (nSPS) is 19.1. The van der Waals surface area contributed by atoms with Crippen LogP contribution in [0.3, 0.4) is 0 Å². The number of nitrogens with zero attached hydrogens (tertiary/aromatic N) is 1. The highest BCUT2D eigenvalue weighted by Crippen LogP contribution is 2.36. The van der Waals surface area contributed by atoms with Crippen LogP contribution in [0.25, 0.3) is 0 Å². The molecule has 1 fully saturated rings. The molecule has 0 radical (unpaired) electrons. The molecule has 1 saturated heterocycles. The van der Waals surface area contributed by atoms with Gasteiger partial charge in [-0.25, -0.2) is 9.69 Å². The fraction of sp³-hybridized carbons (Fsp3) is 0.211. The Kier molecular flexibility index (Phi) is 5.46.